The molecule has 2 N–H and O–H groups in total. The topological polar surface area (TPSA) is 90.0 Å². The summed E-state index contributed by atoms with van der Waals surface area (Å²) >= 11 is 0. The van der Waals surface area contributed by atoms with Gasteiger partial charge in [-0.05, 0) is 57.8 Å². The van der Waals surface area contributed by atoms with Gasteiger partial charge >= 0.3 is 5.97 Å². The van der Waals surface area contributed by atoms with Gasteiger partial charge in [-0.25, -0.2) is 0 Å². The monoisotopic (exact) mass is 387 g/mol. The van der Waals surface area contributed by atoms with Crippen molar-refractivity contribution in [2.24, 2.45) is 17.8 Å². The van der Waals surface area contributed by atoms with E-state index in [0.717, 1.165) is 44.9 Å². The number of carbonyl (C=O) groups is 3. The maximum absolute atomic E-state index is 13.5. The summed E-state index contributed by atoms with van der Waals surface area (Å²) in [7, 11) is 0. The molecule has 6 bridgehead atoms. The molecule has 0 aliphatic carbocycles. The molecule has 0 radical (unpaired) electrons. The van der Waals surface area contributed by atoms with E-state index in [1.54, 1.807) is 0 Å². The van der Waals surface area contributed by atoms with Gasteiger partial charge in [-0.15, -0.1) is 0 Å². The quantitative estimate of drug-likeness (QED) is 0.753. The molecule has 0 saturated carbocycles. The Kier molecular flexibility index (Phi) is 3.66. The van der Waals surface area contributed by atoms with Gasteiger partial charge in [0.1, 0.15) is 0 Å². The summed E-state index contributed by atoms with van der Waals surface area (Å²) in [5.41, 5.74) is 0. The lowest BCUT2D eigenvalue weighted by Crippen LogP contribution is -2.47. The Morgan fingerprint density at radius 3 is 1.86 bits per heavy atom. The standard InChI is InChI=1S/C21H29N3O4/c25-19(13-7-10-1-4-16(13)22-10)23-11-2-5-17(23)14(8-11)20(26)24-12-3-6-18(24)15(9-12)21(27)28/h10-18,22H,1-9H2,(H,27,28)/t10-,11-,12-,13+,14+,15?,16+,17+,18+/m1/s1. The fourth-order valence-electron chi connectivity index (χ4n) is 7.68. The van der Waals surface area contributed by atoms with Crippen LogP contribution in [0.25, 0.3) is 0 Å². The summed E-state index contributed by atoms with van der Waals surface area (Å²) in [5.74, 6) is -0.791. The molecule has 28 heavy (non-hydrogen) atoms. The number of carbonyl (C=O) groups excluding carboxylic acids is 2. The number of nitrogens with one attached hydrogen (secondary N) is 1. The highest BCUT2D eigenvalue weighted by molar-refractivity contribution is 5.87. The molecule has 6 fully saturated rings. The fourth-order valence-corrected chi connectivity index (χ4v) is 7.68. The van der Waals surface area contributed by atoms with E-state index in [9.17, 15) is 19.5 Å². The van der Waals surface area contributed by atoms with Crippen molar-refractivity contribution in [2.75, 3.05) is 0 Å². The second kappa shape index (κ2) is 5.94. The van der Waals surface area contributed by atoms with E-state index in [2.05, 4.69) is 10.2 Å². The summed E-state index contributed by atoms with van der Waals surface area (Å²) in [4.78, 5) is 42.4. The fraction of sp³-hybridized carbons (Fsp3) is 0.857. The molecule has 0 aromatic rings. The molecular formula is C21H29N3O4. The van der Waals surface area contributed by atoms with Crippen LogP contribution in [0.2, 0.25) is 0 Å². The number of nitrogens with zero attached hydrogens (tertiary/aromatic N) is 2. The lowest BCUT2D eigenvalue weighted by molar-refractivity contribution is -0.143. The van der Waals surface area contributed by atoms with E-state index in [0.29, 0.717) is 18.5 Å². The number of rotatable bonds is 3. The van der Waals surface area contributed by atoms with Crippen LogP contribution in [0.5, 0.6) is 0 Å². The van der Waals surface area contributed by atoms with Crippen LogP contribution >= 0.6 is 0 Å². The Bertz CT molecular complexity index is 741. The second-order valence-corrected chi connectivity index (χ2v) is 10.0. The van der Waals surface area contributed by atoms with Crippen molar-refractivity contribution in [3.8, 4) is 0 Å². The number of carboxylic acid groups (broad SMARTS) is 1. The van der Waals surface area contributed by atoms with Crippen molar-refractivity contribution >= 4 is 17.8 Å². The molecule has 7 heteroatoms. The lowest BCUT2D eigenvalue weighted by atomic mass is 9.87. The molecule has 6 rings (SSSR count). The zero-order valence-electron chi connectivity index (χ0n) is 16.1. The molecular weight excluding hydrogens is 358 g/mol. The minimum Gasteiger partial charge on any atom is -0.481 e. The number of hydrogen-bond acceptors (Lipinski definition) is 4. The molecule has 0 spiro atoms. The third kappa shape index (κ3) is 2.22. The van der Waals surface area contributed by atoms with Gasteiger partial charge in [0.15, 0.2) is 0 Å². The van der Waals surface area contributed by atoms with Gasteiger partial charge in [0.05, 0.1) is 17.8 Å². The summed E-state index contributed by atoms with van der Waals surface area (Å²) in [5, 5.41) is 13.1. The maximum atomic E-state index is 13.5. The summed E-state index contributed by atoms with van der Waals surface area (Å²) < 4.78 is 0. The van der Waals surface area contributed by atoms with E-state index < -0.39 is 11.9 Å². The lowest BCUT2D eigenvalue weighted by Gasteiger charge is -2.32. The molecule has 6 saturated heterocycles. The van der Waals surface area contributed by atoms with Crippen molar-refractivity contribution in [3.63, 3.8) is 0 Å². The first-order valence-corrected chi connectivity index (χ1v) is 11.2. The van der Waals surface area contributed by atoms with Gasteiger partial charge in [0, 0.05) is 36.3 Å². The van der Waals surface area contributed by atoms with Crippen LogP contribution in [0.4, 0.5) is 0 Å². The van der Waals surface area contributed by atoms with Crippen LogP contribution in [0.3, 0.4) is 0 Å². The first kappa shape index (κ1) is 17.2. The highest BCUT2D eigenvalue weighted by Gasteiger charge is 2.58. The van der Waals surface area contributed by atoms with Gasteiger partial charge in [-0.2, -0.15) is 0 Å². The average molecular weight is 387 g/mol. The number of fused-ring (bicyclic) bond motifs is 6. The van der Waals surface area contributed by atoms with E-state index in [1.165, 1.54) is 6.42 Å². The van der Waals surface area contributed by atoms with Crippen LogP contribution < -0.4 is 5.32 Å². The first-order chi connectivity index (χ1) is 13.5. The zero-order chi connectivity index (χ0) is 19.2. The Balaban J connectivity index is 1.20. The van der Waals surface area contributed by atoms with Crippen LogP contribution in [0.15, 0.2) is 0 Å². The highest BCUT2D eigenvalue weighted by Crippen LogP contribution is 2.48. The van der Waals surface area contributed by atoms with Crippen molar-refractivity contribution in [1.82, 2.24) is 15.1 Å². The van der Waals surface area contributed by atoms with Crippen LogP contribution in [-0.4, -0.2) is 68.9 Å². The van der Waals surface area contributed by atoms with Crippen LogP contribution in [0, 0.1) is 17.8 Å². The number of aliphatic carboxylic acids is 1. The SMILES string of the molecule is O=C(O)C1C[C@H]2CC[C@@H]1N2C(=O)[C@H]1C[C@H]2CC[C@@H]1N2C(=O)[C@H]1C[C@H]2CC[C@@H]1N2. The number of hydrogen-bond donors (Lipinski definition) is 2. The number of amides is 2. The van der Waals surface area contributed by atoms with E-state index in [-0.39, 0.29) is 47.8 Å². The minimum absolute atomic E-state index is 0.0346. The van der Waals surface area contributed by atoms with Crippen LogP contribution in [-0.2, 0) is 14.4 Å². The molecule has 6 heterocycles. The van der Waals surface area contributed by atoms with Crippen molar-refractivity contribution < 1.29 is 19.5 Å². The molecule has 1 unspecified atom stereocenters. The van der Waals surface area contributed by atoms with Crippen molar-refractivity contribution in [2.45, 2.75) is 94.0 Å². The molecule has 0 aromatic heterocycles. The van der Waals surface area contributed by atoms with Gasteiger partial charge in [-0.1, -0.05) is 0 Å². The average Bonchev–Trinajstić information content (AvgIpc) is 3.53. The maximum Gasteiger partial charge on any atom is 0.308 e. The van der Waals surface area contributed by atoms with Crippen LogP contribution in [0.1, 0.15) is 57.8 Å². The van der Waals surface area contributed by atoms with Gasteiger partial charge < -0.3 is 20.2 Å². The van der Waals surface area contributed by atoms with E-state index >= 15 is 0 Å². The molecule has 9 atom stereocenters. The molecule has 6 aliphatic heterocycles. The molecule has 152 valence electrons. The molecule has 0 aromatic carbocycles. The highest BCUT2D eigenvalue weighted by atomic mass is 16.4. The normalized spacial score (nSPS) is 48.1. The van der Waals surface area contributed by atoms with Gasteiger partial charge in [0.25, 0.3) is 0 Å². The first-order valence-electron chi connectivity index (χ1n) is 11.2. The smallest absolute Gasteiger partial charge is 0.308 e. The molecule has 7 nitrogen and oxygen atoms in total. The second-order valence-electron chi connectivity index (χ2n) is 10.0. The minimum atomic E-state index is -0.765. The Hall–Kier alpha value is -1.63. The summed E-state index contributed by atoms with van der Waals surface area (Å²) in [6.45, 7) is 0. The van der Waals surface area contributed by atoms with E-state index in [1.807, 2.05) is 4.90 Å². The third-order valence-electron chi connectivity index (χ3n) is 8.83. The zero-order valence-corrected chi connectivity index (χ0v) is 16.1. The number of carboxylic acids is 1. The third-order valence-corrected chi connectivity index (χ3v) is 8.83. The predicted octanol–water partition coefficient (Wildman–Crippen LogP) is 0.971. The Morgan fingerprint density at radius 2 is 1.32 bits per heavy atom. The van der Waals surface area contributed by atoms with Gasteiger partial charge in [-0.3, -0.25) is 14.4 Å². The largest absolute Gasteiger partial charge is 0.481 e. The Labute approximate surface area is 164 Å². The van der Waals surface area contributed by atoms with Gasteiger partial charge in [0.2, 0.25) is 11.8 Å². The summed E-state index contributed by atoms with van der Waals surface area (Å²) in [6.07, 6.45) is 8.29. The van der Waals surface area contributed by atoms with Crippen molar-refractivity contribution in [1.29, 1.82) is 0 Å². The predicted molar refractivity (Wildman–Crippen MR) is 99.2 cm³/mol. The molecule has 2 amide bonds. The summed E-state index contributed by atoms with van der Waals surface area (Å²) in [6, 6.07) is 1.04. The van der Waals surface area contributed by atoms with Crippen molar-refractivity contribution in [3.05, 3.63) is 0 Å². The molecule has 6 aliphatic rings. The Morgan fingerprint density at radius 1 is 0.714 bits per heavy atom. The van der Waals surface area contributed by atoms with E-state index in [4.69, 9.17) is 0 Å².